The maximum absolute atomic E-state index is 10.5. The van der Waals surface area contributed by atoms with Crippen LogP contribution in [0.3, 0.4) is 0 Å². The lowest BCUT2D eigenvalue weighted by Gasteiger charge is -2.09. The molecule has 15 heteroatoms. The summed E-state index contributed by atoms with van der Waals surface area (Å²) in [4.78, 5) is 0. The highest BCUT2D eigenvalue weighted by atomic mass is 32.3. The van der Waals surface area contributed by atoms with Gasteiger partial charge in [0.25, 0.3) is 0 Å². The van der Waals surface area contributed by atoms with Gasteiger partial charge in [0.15, 0.2) is 0 Å². The first-order chi connectivity index (χ1) is 10.7. The summed E-state index contributed by atoms with van der Waals surface area (Å²) in [7, 11) is -14.3. The topological polar surface area (TPSA) is 191 Å². The summed E-state index contributed by atoms with van der Waals surface area (Å²) in [6.07, 6.45) is 0. The van der Waals surface area contributed by atoms with Crippen LogP contribution in [0.4, 0.5) is 0 Å². The standard InChI is InChI=1S/C9H12O12S3/c10-22(11,12)19-4-7-1-8(5-20-23(13,14)15)3-9(2-7)6-21-24(16,17)18/h1-3H,4-6H2,(H,10,11,12)(H,13,14,15)(H,16,17,18). The van der Waals surface area contributed by atoms with Crippen LogP contribution in [0, 0.1) is 0 Å². The molecule has 1 aromatic carbocycles. The molecule has 0 aliphatic carbocycles. The molecule has 0 atom stereocenters. The summed E-state index contributed by atoms with van der Waals surface area (Å²) in [5.41, 5.74) is 0.203. The molecule has 0 aromatic heterocycles. The van der Waals surface area contributed by atoms with Gasteiger partial charge in [-0.1, -0.05) is 18.2 Å². The Morgan fingerprint density at radius 2 is 0.792 bits per heavy atom. The Balaban J connectivity index is 3.03. The van der Waals surface area contributed by atoms with E-state index in [-0.39, 0.29) is 16.7 Å². The van der Waals surface area contributed by atoms with Crippen LogP contribution in [0.25, 0.3) is 0 Å². The quantitative estimate of drug-likeness (QED) is 0.450. The molecule has 0 aliphatic heterocycles. The normalized spacial score (nSPS) is 13.1. The summed E-state index contributed by atoms with van der Waals surface area (Å²) < 4.78 is 101. The summed E-state index contributed by atoms with van der Waals surface area (Å²) >= 11 is 0. The van der Waals surface area contributed by atoms with Crippen LogP contribution in [-0.4, -0.2) is 38.9 Å². The minimum absolute atomic E-state index is 0.0676. The molecule has 0 saturated carbocycles. The second-order valence-electron chi connectivity index (χ2n) is 4.23. The van der Waals surface area contributed by atoms with Crippen LogP contribution in [-0.2, 0) is 63.6 Å². The van der Waals surface area contributed by atoms with Gasteiger partial charge in [-0.2, -0.15) is 25.3 Å². The molecule has 12 nitrogen and oxygen atoms in total. The van der Waals surface area contributed by atoms with Crippen LogP contribution in [0.1, 0.15) is 16.7 Å². The van der Waals surface area contributed by atoms with Crippen molar-refractivity contribution in [2.24, 2.45) is 0 Å². The van der Waals surface area contributed by atoms with Crippen molar-refractivity contribution in [2.75, 3.05) is 0 Å². The van der Waals surface area contributed by atoms with Crippen LogP contribution < -0.4 is 0 Å². The first-order valence-electron chi connectivity index (χ1n) is 5.71. The van der Waals surface area contributed by atoms with E-state index in [1.807, 2.05) is 0 Å². The van der Waals surface area contributed by atoms with Crippen molar-refractivity contribution in [2.45, 2.75) is 19.8 Å². The highest BCUT2D eigenvalue weighted by Crippen LogP contribution is 2.16. The van der Waals surface area contributed by atoms with Gasteiger partial charge < -0.3 is 0 Å². The van der Waals surface area contributed by atoms with Gasteiger partial charge in [0.2, 0.25) is 0 Å². The van der Waals surface area contributed by atoms with Gasteiger partial charge in [-0.3, -0.25) is 13.7 Å². The van der Waals surface area contributed by atoms with E-state index < -0.39 is 51.0 Å². The smallest absolute Gasteiger partial charge is 0.264 e. The SMILES string of the molecule is O=S(=O)(O)OCc1cc(COS(=O)(=O)O)cc(COS(=O)(=O)O)c1. The third kappa shape index (κ3) is 9.85. The minimum Gasteiger partial charge on any atom is -0.264 e. The molecule has 1 rings (SSSR count). The minimum atomic E-state index is -4.75. The van der Waals surface area contributed by atoms with E-state index >= 15 is 0 Å². The third-order valence-corrected chi connectivity index (χ3v) is 3.48. The van der Waals surface area contributed by atoms with E-state index in [0.717, 1.165) is 0 Å². The monoisotopic (exact) mass is 408 g/mol. The zero-order valence-corrected chi connectivity index (χ0v) is 14.0. The largest absolute Gasteiger partial charge is 0.397 e. The third-order valence-electron chi connectivity index (χ3n) is 2.24. The molecule has 0 bridgehead atoms. The molecular formula is C9H12O12S3. The second kappa shape index (κ2) is 7.81. The first-order valence-corrected chi connectivity index (χ1v) is 9.80. The van der Waals surface area contributed by atoms with Gasteiger partial charge in [-0.25, -0.2) is 12.5 Å². The Morgan fingerprint density at radius 3 is 0.958 bits per heavy atom. The van der Waals surface area contributed by atoms with Gasteiger partial charge >= 0.3 is 31.2 Å². The van der Waals surface area contributed by atoms with Gasteiger partial charge in [0, 0.05) is 0 Å². The van der Waals surface area contributed by atoms with E-state index in [9.17, 15) is 25.3 Å². The Labute approximate surface area is 137 Å². The lowest BCUT2D eigenvalue weighted by atomic mass is 10.1. The summed E-state index contributed by atoms with van der Waals surface area (Å²) in [6.45, 7) is -2.01. The molecule has 138 valence electrons. The molecule has 1 aromatic rings. The van der Waals surface area contributed by atoms with Gasteiger partial charge in [-0.15, -0.1) is 0 Å². The molecule has 24 heavy (non-hydrogen) atoms. The van der Waals surface area contributed by atoms with E-state index in [1.165, 1.54) is 18.2 Å². The first kappa shape index (κ1) is 20.9. The van der Waals surface area contributed by atoms with E-state index in [2.05, 4.69) is 12.5 Å². The van der Waals surface area contributed by atoms with Gasteiger partial charge in [0.1, 0.15) is 0 Å². The highest BCUT2D eigenvalue weighted by Gasteiger charge is 2.12. The average Bonchev–Trinajstić information content (AvgIpc) is 2.38. The summed E-state index contributed by atoms with van der Waals surface area (Å²) in [5.74, 6) is 0. The Kier molecular flexibility index (Phi) is 6.79. The summed E-state index contributed by atoms with van der Waals surface area (Å²) in [5, 5.41) is 0. The molecule has 0 radical (unpaired) electrons. The number of benzene rings is 1. The Morgan fingerprint density at radius 1 is 0.583 bits per heavy atom. The number of hydrogen-bond donors (Lipinski definition) is 3. The average molecular weight is 408 g/mol. The van der Waals surface area contributed by atoms with Crippen molar-refractivity contribution in [3.8, 4) is 0 Å². The van der Waals surface area contributed by atoms with E-state index in [0.29, 0.717) is 0 Å². The van der Waals surface area contributed by atoms with Crippen molar-refractivity contribution in [3.05, 3.63) is 34.9 Å². The molecule has 0 spiro atoms. The fourth-order valence-electron chi connectivity index (χ4n) is 1.52. The predicted molar refractivity (Wildman–Crippen MR) is 75.5 cm³/mol. The van der Waals surface area contributed by atoms with E-state index in [1.54, 1.807) is 0 Å². The molecular weight excluding hydrogens is 396 g/mol. The molecule has 0 unspecified atom stereocenters. The van der Waals surface area contributed by atoms with Crippen molar-refractivity contribution in [3.63, 3.8) is 0 Å². The molecule has 3 N–H and O–H groups in total. The number of rotatable bonds is 9. The van der Waals surface area contributed by atoms with Gasteiger partial charge in [-0.05, 0) is 16.7 Å². The Hall–Kier alpha value is -1.17. The van der Waals surface area contributed by atoms with Crippen LogP contribution in [0.2, 0.25) is 0 Å². The highest BCUT2D eigenvalue weighted by molar-refractivity contribution is 7.81. The van der Waals surface area contributed by atoms with Gasteiger partial charge in [0.05, 0.1) is 19.8 Å². The van der Waals surface area contributed by atoms with Crippen molar-refractivity contribution >= 4 is 31.2 Å². The molecule has 0 fully saturated rings. The summed E-state index contributed by atoms with van der Waals surface area (Å²) in [6, 6.07) is 3.61. The van der Waals surface area contributed by atoms with Crippen molar-refractivity contribution < 1.29 is 51.5 Å². The zero-order valence-electron chi connectivity index (χ0n) is 11.6. The fraction of sp³-hybridized carbons (Fsp3) is 0.333. The van der Waals surface area contributed by atoms with E-state index in [4.69, 9.17) is 13.7 Å². The molecule has 0 aliphatic rings. The maximum Gasteiger partial charge on any atom is 0.397 e. The van der Waals surface area contributed by atoms with Crippen LogP contribution >= 0.6 is 0 Å². The lowest BCUT2D eigenvalue weighted by Crippen LogP contribution is -2.08. The molecule has 0 saturated heterocycles. The van der Waals surface area contributed by atoms with Crippen LogP contribution in [0.15, 0.2) is 18.2 Å². The van der Waals surface area contributed by atoms with Crippen molar-refractivity contribution in [1.29, 1.82) is 0 Å². The fourth-order valence-corrected chi connectivity index (χ4v) is 2.37. The zero-order chi connectivity index (χ0) is 18.6. The number of hydrogen-bond acceptors (Lipinski definition) is 9. The van der Waals surface area contributed by atoms with Crippen LogP contribution in [0.5, 0.6) is 0 Å². The van der Waals surface area contributed by atoms with Crippen molar-refractivity contribution in [1.82, 2.24) is 0 Å². The Bertz CT molecular complexity index is 752. The molecule has 0 amide bonds. The second-order valence-corrected chi connectivity index (χ2v) is 7.50. The lowest BCUT2D eigenvalue weighted by molar-refractivity contribution is 0.253. The maximum atomic E-state index is 10.5. The predicted octanol–water partition coefficient (Wildman–Crippen LogP) is -0.355. The molecule has 0 heterocycles.